The highest BCUT2D eigenvalue weighted by Gasteiger charge is 2.38. The van der Waals surface area contributed by atoms with Crippen LogP contribution in [0.15, 0.2) is 81.7 Å². The summed E-state index contributed by atoms with van der Waals surface area (Å²) in [6.07, 6.45) is 17.8. The van der Waals surface area contributed by atoms with E-state index >= 15 is 0 Å². The molecule has 27 heavy (non-hydrogen) atoms. The average molecular weight is 355 g/mol. The molecule has 1 unspecified atom stereocenters. The fourth-order valence-corrected chi connectivity index (χ4v) is 3.49. The molecule has 1 amide bonds. The largest absolute Gasteiger partial charge is 0.368 e. The number of fused-ring (bicyclic) bond motifs is 6. The maximum absolute atomic E-state index is 12.2. The molecule has 0 saturated carbocycles. The molecular weight excluding hydrogens is 338 g/mol. The molecule has 1 aromatic rings. The number of hydrogen-bond donors (Lipinski definition) is 3. The third kappa shape index (κ3) is 2.81. The summed E-state index contributed by atoms with van der Waals surface area (Å²) in [5.74, 6) is -0.435. The van der Waals surface area contributed by atoms with E-state index in [9.17, 15) is 4.79 Å². The number of primary amides is 1. The van der Waals surface area contributed by atoms with Gasteiger partial charge in [-0.2, -0.15) is 0 Å². The van der Waals surface area contributed by atoms with E-state index in [0.29, 0.717) is 12.1 Å². The van der Waals surface area contributed by atoms with Crippen LogP contribution in [0.5, 0.6) is 0 Å². The number of nitrogens with two attached hydrogens (primary N) is 1. The Labute approximate surface area is 155 Å². The third-order valence-electron chi connectivity index (χ3n) is 4.85. The van der Waals surface area contributed by atoms with Crippen LogP contribution in [0.4, 0.5) is 0 Å². The number of nitrogens with zero attached hydrogens (tertiary/aromatic N) is 2. The molecule has 5 rings (SSSR count). The zero-order chi connectivity index (χ0) is 18.4. The molecule has 0 spiro atoms. The van der Waals surface area contributed by atoms with Crippen LogP contribution in [0.2, 0.25) is 0 Å². The molecule has 0 aromatic carbocycles. The summed E-state index contributed by atoms with van der Waals surface area (Å²) in [6, 6.07) is 4.00. The van der Waals surface area contributed by atoms with E-state index in [1.165, 1.54) is 0 Å². The molecular formula is C21H17N5O. The number of aromatic amines is 1. The molecule has 6 heteroatoms. The topological polar surface area (TPSA) is 95.6 Å². The molecule has 8 bridgehead atoms. The average Bonchev–Trinajstić information content (AvgIpc) is 3.39. The Balaban J connectivity index is 1.69. The van der Waals surface area contributed by atoms with Gasteiger partial charge in [-0.1, -0.05) is 6.08 Å². The van der Waals surface area contributed by atoms with Crippen LogP contribution in [0.25, 0.3) is 12.2 Å². The van der Waals surface area contributed by atoms with Gasteiger partial charge in [0.15, 0.2) is 0 Å². The Hall–Kier alpha value is -3.67. The number of carbonyl (C=O) groups excluding carboxylic acids is 1. The molecule has 0 fully saturated rings. The second kappa shape index (κ2) is 5.67. The lowest BCUT2D eigenvalue weighted by Crippen LogP contribution is -2.50. The summed E-state index contributed by atoms with van der Waals surface area (Å²) in [5.41, 5.74) is 8.77. The Bertz CT molecular complexity index is 1200. The number of amides is 1. The fraction of sp³-hybridized carbons (Fsp3) is 0.0952. The molecule has 0 saturated heterocycles. The van der Waals surface area contributed by atoms with Crippen molar-refractivity contribution >= 4 is 29.5 Å². The minimum atomic E-state index is -0.983. The molecule has 4 aliphatic rings. The summed E-state index contributed by atoms with van der Waals surface area (Å²) in [4.78, 5) is 24.8. The summed E-state index contributed by atoms with van der Waals surface area (Å²) in [5, 5.41) is 5.18. The first-order valence-corrected chi connectivity index (χ1v) is 8.73. The summed E-state index contributed by atoms with van der Waals surface area (Å²) in [7, 11) is 0. The molecule has 4 aliphatic heterocycles. The maximum Gasteiger partial charge on any atom is 0.247 e. The first-order chi connectivity index (χ1) is 13.1. The number of hydrogen-bond acceptors (Lipinski definition) is 4. The monoisotopic (exact) mass is 355 g/mol. The SMILES string of the molecule is NC(=O)C12C=C3C=CC(=N3)C=c3ccc([nH]3)=CC3=NC(=CC(=CC1)N2)C=C3. The number of H-pyrrole nitrogens is 1. The first kappa shape index (κ1) is 15.6. The molecule has 6 nitrogen and oxygen atoms in total. The highest BCUT2D eigenvalue weighted by atomic mass is 16.1. The van der Waals surface area contributed by atoms with E-state index < -0.39 is 11.4 Å². The standard InChI is InChI=1S/C21H17N5O/c22-20(27)21-8-7-18(26-21)11-17-4-3-14(24-17)9-13-1-2-15(23-13)10-16-5-6-19(12-21)25-16/h1-7,9-12,23,26H,8H2,(H2,22,27). The van der Waals surface area contributed by atoms with Crippen molar-refractivity contribution in [2.24, 2.45) is 15.7 Å². The summed E-state index contributed by atoms with van der Waals surface area (Å²) >= 11 is 0. The van der Waals surface area contributed by atoms with Crippen molar-refractivity contribution < 1.29 is 4.79 Å². The number of aromatic nitrogens is 1. The van der Waals surface area contributed by atoms with Crippen LogP contribution in [-0.4, -0.2) is 27.9 Å². The number of aliphatic imine (C=N–C) groups is 2. The predicted octanol–water partition coefficient (Wildman–Crippen LogP) is 0.480. The van der Waals surface area contributed by atoms with Gasteiger partial charge < -0.3 is 16.0 Å². The van der Waals surface area contributed by atoms with Crippen LogP contribution in [0.3, 0.4) is 0 Å². The van der Waals surface area contributed by atoms with Crippen molar-refractivity contribution in [1.29, 1.82) is 0 Å². The molecule has 0 aliphatic carbocycles. The fourth-order valence-electron chi connectivity index (χ4n) is 3.49. The Morgan fingerprint density at radius 1 is 0.963 bits per heavy atom. The van der Waals surface area contributed by atoms with Gasteiger partial charge in [0.1, 0.15) is 5.54 Å². The van der Waals surface area contributed by atoms with Gasteiger partial charge in [-0.05, 0) is 60.7 Å². The Morgan fingerprint density at radius 2 is 1.63 bits per heavy atom. The van der Waals surface area contributed by atoms with E-state index in [1.807, 2.05) is 60.7 Å². The Kier molecular flexibility index (Phi) is 3.27. The molecule has 0 radical (unpaired) electrons. The van der Waals surface area contributed by atoms with E-state index in [4.69, 9.17) is 5.73 Å². The lowest BCUT2D eigenvalue weighted by atomic mass is 9.95. The zero-order valence-electron chi connectivity index (χ0n) is 14.4. The normalized spacial score (nSPS) is 24.8. The molecule has 132 valence electrons. The minimum Gasteiger partial charge on any atom is -0.368 e. The number of nitrogens with one attached hydrogen (secondary N) is 2. The van der Waals surface area contributed by atoms with Crippen molar-refractivity contribution in [2.45, 2.75) is 12.0 Å². The van der Waals surface area contributed by atoms with Crippen LogP contribution < -0.4 is 21.7 Å². The first-order valence-electron chi connectivity index (χ1n) is 8.73. The molecule has 4 N–H and O–H groups in total. The van der Waals surface area contributed by atoms with Gasteiger partial charge in [0.25, 0.3) is 0 Å². The van der Waals surface area contributed by atoms with Crippen LogP contribution in [0, 0.1) is 0 Å². The highest BCUT2D eigenvalue weighted by molar-refractivity contribution is 6.20. The molecule has 1 atom stereocenters. The van der Waals surface area contributed by atoms with Gasteiger partial charge >= 0.3 is 0 Å². The van der Waals surface area contributed by atoms with E-state index in [-0.39, 0.29) is 0 Å². The van der Waals surface area contributed by atoms with Gasteiger partial charge in [0.2, 0.25) is 5.91 Å². The van der Waals surface area contributed by atoms with Gasteiger partial charge in [-0.3, -0.25) is 4.79 Å². The lowest BCUT2D eigenvalue weighted by molar-refractivity contribution is -0.122. The number of allylic oxidation sites excluding steroid dienone is 5. The van der Waals surface area contributed by atoms with Gasteiger partial charge in [-0.15, -0.1) is 0 Å². The van der Waals surface area contributed by atoms with Crippen molar-refractivity contribution in [2.75, 3.05) is 0 Å². The predicted molar refractivity (Wildman–Crippen MR) is 106 cm³/mol. The van der Waals surface area contributed by atoms with Crippen molar-refractivity contribution in [3.05, 3.63) is 82.5 Å². The number of rotatable bonds is 1. The molecule has 5 heterocycles. The van der Waals surface area contributed by atoms with E-state index in [1.54, 1.807) is 6.08 Å². The van der Waals surface area contributed by atoms with Crippen molar-refractivity contribution in [3.8, 4) is 0 Å². The van der Waals surface area contributed by atoms with Gasteiger partial charge in [0, 0.05) is 22.8 Å². The Morgan fingerprint density at radius 3 is 2.33 bits per heavy atom. The van der Waals surface area contributed by atoms with E-state index in [2.05, 4.69) is 20.3 Å². The van der Waals surface area contributed by atoms with Crippen LogP contribution in [0.1, 0.15) is 6.42 Å². The second-order valence-corrected chi connectivity index (χ2v) is 6.86. The number of carbonyl (C=O) groups is 1. The van der Waals surface area contributed by atoms with Crippen LogP contribution in [-0.2, 0) is 4.79 Å². The van der Waals surface area contributed by atoms with E-state index in [0.717, 1.165) is 33.5 Å². The van der Waals surface area contributed by atoms with Gasteiger partial charge in [0.05, 0.1) is 22.8 Å². The van der Waals surface area contributed by atoms with Crippen LogP contribution >= 0.6 is 0 Å². The van der Waals surface area contributed by atoms with Crippen molar-refractivity contribution in [1.82, 2.24) is 10.3 Å². The summed E-state index contributed by atoms with van der Waals surface area (Å²) < 4.78 is 0. The second-order valence-electron chi connectivity index (χ2n) is 6.86. The summed E-state index contributed by atoms with van der Waals surface area (Å²) in [6.45, 7) is 0. The highest BCUT2D eigenvalue weighted by Crippen LogP contribution is 2.27. The third-order valence-corrected chi connectivity index (χ3v) is 4.85. The van der Waals surface area contributed by atoms with Gasteiger partial charge in [-0.25, -0.2) is 9.98 Å². The zero-order valence-corrected chi connectivity index (χ0v) is 14.4. The minimum absolute atomic E-state index is 0.435. The lowest BCUT2D eigenvalue weighted by Gasteiger charge is -2.24. The smallest absolute Gasteiger partial charge is 0.247 e. The maximum atomic E-state index is 12.2. The quantitative estimate of drug-likeness (QED) is 0.683. The van der Waals surface area contributed by atoms with Crippen molar-refractivity contribution in [3.63, 3.8) is 0 Å². The molecule has 1 aromatic heterocycles.